The fourth-order valence-corrected chi connectivity index (χ4v) is 4.26. The van der Waals surface area contributed by atoms with Crippen molar-refractivity contribution >= 4 is 45.1 Å². The Balaban J connectivity index is 1.64. The molecule has 0 radical (unpaired) electrons. The lowest BCUT2D eigenvalue weighted by atomic mass is 10.0. The number of nitrogens with one attached hydrogen (secondary N) is 1. The molecule has 0 bridgehead atoms. The molecule has 0 saturated carbocycles. The molecule has 0 aliphatic carbocycles. The van der Waals surface area contributed by atoms with Crippen molar-refractivity contribution in [1.82, 2.24) is 5.32 Å². The largest absolute Gasteiger partial charge is 0.454 e. The Morgan fingerprint density at radius 3 is 2.52 bits per heavy atom. The second-order valence-corrected chi connectivity index (χ2v) is 9.88. The molecule has 9 nitrogen and oxygen atoms in total. The van der Waals surface area contributed by atoms with E-state index in [4.69, 9.17) is 21.5 Å². The van der Waals surface area contributed by atoms with Gasteiger partial charge >= 0.3 is 5.97 Å². The molecular weight excluding hydrogens is 470 g/mol. The van der Waals surface area contributed by atoms with Gasteiger partial charge in [0.05, 0.1) is 15.5 Å². The maximum atomic E-state index is 12.7. The summed E-state index contributed by atoms with van der Waals surface area (Å²) in [6, 6.07) is 9.72. The Bertz CT molecular complexity index is 1200. The van der Waals surface area contributed by atoms with Crippen molar-refractivity contribution in [2.45, 2.75) is 31.2 Å². The van der Waals surface area contributed by atoms with E-state index in [-0.39, 0.29) is 21.4 Å². The summed E-state index contributed by atoms with van der Waals surface area (Å²) in [4.78, 5) is 39.2. The highest BCUT2D eigenvalue weighted by atomic mass is 35.5. The average molecular weight is 494 g/mol. The van der Waals surface area contributed by atoms with E-state index in [0.717, 1.165) is 0 Å². The zero-order valence-electron chi connectivity index (χ0n) is 18.1. The fraction of sp³-hybridized carbons (Fsp3) is 0.318. The molecule has 1 aliphatic heterocycles. The number of sulfonamides is 1. The van der Waals surface area contributed by atoms with Crippen LogP contribution in [0.25, 0.3) is 0 Å². The number of esters is 1. The van der Waals surface area contributed by atoms with Crippen molar-refractivity contribution in [3.63, 3.8) is 0 Å². The molecule has 0 spiro atoms. The summed E-state index contributed by atoms with van der Waals surface area (Å²) in [6.45, 7) is 3.26. The summed E-state index contributed by atoms with van der Waals surface area (Å²) in [5.74, 6) is -2.04. The molecule has 0 unspecified atom stereocenters. The van der Waals surface area contributed by atoms with Crippen LogP contribution in [-0.2, 0) is 30.8 Å². The van der Waals surface area contributed by atoms with Crippen molar-refractivity contribution < 1.29 is 27.5 Å². The minimum absolute atomic E-state index is 0.0315. The number of ether oxygens (including phenoxy) is 1. The van der Waals surface area contributed by atoms with Gasteiger partial charge in [-0.1, -0.05) is 37.6 Å². The molecule has 2 aromatic carbocycles. The van der Waals surface area contributed by atoms with Gasteiger partial charge in [0.1, 0.15) is 6.04 Å². The predicted octanol–water partition coefficient (Wildman–Crippen LogP) is 1.87. The summed E-state index contributed by atoms with van der Waals surface area (Å²) in [6.07, 6.45) is 0.445. The van der Waals surface area contributed by atoms with Crippen LogP contribution >= 0.6 is 11.6 Å². The molecule has 176 valence electrons. The fourth-order valence-electron chi connectivity index (χ4n) is 3.48. The zero-order chi connectivity index (χ0) is 24.3. The number of hydrogen-bond acceptors (Lipinski definition) is 6. The first-order valence-corrected chi connectivity index (χ1v) is 12.1. The Hall–Kier alpha value is -2.95. The summed E-state index contributed by atoms with van der Waals surface area (Å²) in [7, 11) is -3.85. The van der Waals surface area contributed by atoms with E-state index in [0.29, 0.717) is 24.2 Å². The molecular formula is C22H24ClN3O6S. The monoisotopic (exact) mass is 493 g/mol. The highest BCUT2D eigenvalue weighted by molar-refractivity contribution is 7.89. The Morgan fingerprint density at radius 1 is 1.18 bits per heavy atom. The lowest BCUT2D eigenvalue weighted by Crippen LogP contribution is -2.46. The first-order valence-electron chi connectivity index (χ1n) is 10.2. The lowest BCUT2D eigenvalue weighted by Gasteiger charge is -2.22. The first-order chi connectivity index (χ1) is 15.5. The first kappa shape index (κ1) is 24.7. The number of primary sulfonamides is 1. The number of fused-ring (bicyclic) bond motifs is 1. The van der Waals surface area contributed by atoms with Crippen LogP contribution in [0, 0.1) is 5.92 Å². The van der Waals surface area contributed by atoms with E-state index in [2.05, 4.69) is 5.32 Å². The van der Waals surface area contributed by atoms with Gasteiger partial charge in [0.2, 0.25) is 10.0 Å². The molecule has 1 heterocycles. The van der Waals surface area contributed by atoms with Crippen molar-refractivity contribution in [1.29, 1.82) is 0 Å². The normalized spacial score (nSPS) is 14.0. The topological polar surface area (TPSA) is 136 Å². The standard InChI is InChI=1S/C22H24ClN3O6S/c1-13(2)20(25-21(28)16-5-3-4-6-17(16)23)22(29)32-12-19(27)26-10-9-14-11-15(33(24,30)31)7-8-18(14)26/h3-8,11,13,20H,9-10,12H2,1-2H3,(H,25,28)(H2,24,30,31)/t20-/m0/s1. The molecule has 0 aromatic heterocycles. The third-order valence-electron chi connectivity index (χ3n) is 5.24. The van der Waals surface area contributed by atoms with Crippen LogP contribution in [0.4, 0.5) is 5.69 Å². The van der Waals surface area contributed by atoms with E-state index in [1.165, 1.54) is 29.2 Å². The van der Waals surface area contributed by atoms with Gasteiger partial charge in [-0.25, -0.2) is 18.4 Å². The molecule has 2 amide bonds. The van der Waals surface area contributed by atoms with E-state index < -0.39 is 40.5 Å². The number of anilines is 1. The van der Waals surface area contributed by atoms with E-state index in [1.807, 2.05) is 0 Å². The second-order valence-electron chi connectivity index (χ2n) is 7.91. The molecule has 33 heavy (non-hydrogen) atoms. The zero-order valence-corrected chi connectivity index (χ0v) is 19.7. The number of carbonyl (C=O) groups is 3. The summed E-state index contributed by atoms with van der Waals surface area (Å²) in [5.41, 5.74) is 1.42. The quantitative estimate of drug-likeness (QED) is 0.565. The van der Waals surface area contributed by atoms with Gasteiger partial charge in [-0.15, -0.1) is 0 Å². The maximum absolute atomic E-state index is 12.7. The van der Waals surface area contributed by atoms with Crippen LogP contribution in [0.3, 0.4) is 0 Å². The average Bonchev–Trinajstić information content (AvgIpc) is 3.18. The molecule has 3 rings (SSSR count). The van der Waals surface area contributed by atoms with Crippen molar-refractivity contribution in [3.05, 3.63) is 58.6 Å². The minimum atomic E-state index is -3.85. The van der Waals surface area contributed by atoms with Crippen molar-refractivity contribution in [2.24, 2.45) is 11.1 Å². The maximum Gasteiger partial charge on any atom is 0.329 e. The summed E-state index contributed by atoms with van der Waals surface area (Å²) >= 11 is 6.05. The van der Waals surface area contributed by atoms with Gasteiger partial charge in [0.15, 0.2) is 6.61 Å². The van der Waals surface area contributed by atoms with Crippen LogP contribution in [-0.4, -0.2) is 45.4 Å². The molecule has 0 fully saturated rings. The van der Waals surface area contributed by atoms with Crippen LogP contribution in [0.2, 0.25) is 5.02 Å². The number of halogens is 1. The van der Waals surface area contributed by atoms with Crippen molar-refractivity contribution in [3.8, 4) is 0 Å². The Kier molecular flexibility index (Phi) is 7.41. The summed E-state index contributed by atoms with van der Waals surface area (Å²) in [5, 5.41) is 8.02. The Labute approximate surface area is 196 Å². The number of amides is 2. The third kappa shape index (κ3) is 5.70. The third-order valence-corrected chi connectivity index (χ3v) is 6.48. The molecule has 1 atom stereocenters. The number of nitrogens with zero attached hydrogens (tertiary/aromatic N) is 1. The highest BCUT2D eigenvalue weighted by Crippen LogP contribution is 2.30. The SMILES string of the molecule is CC(C)[C@H](NC(=O)c1ccccc1Cl)C(=O)OCC(=O)N1CCc2cc(S(N)(=O)=O)ccc21. The summed E-state index contributed by atoms with van der Waals surface area (Å²) < 4.78 is 28.3. The van der Waals surface area contributed by atoms with E-state index >= 15 is 0 Å². The molecule has 2 aromatic rings. The number of benzene rings is 2. The van der Waals surface area contributed by atoms with Crippen LogP contribution in [0.15, 0.2) is 47.4 Å². The number of nitrogens with two attached hydrogens (primary N) is 1. The number of rotatable bonds is 7. The van der Waals surface area contributed by atoms with E-state index in [1.54, 1.807) is 32.0 Å². The predicted molar refractivity (Wildman–Crippen MR) is 122 cm³/mol. The van der Waals surface area contributed by atoms with Gasteiger partial charge in [-0.05, 0) is 48.2 Å². The van der Waals surface area contributed by atoms with Gasteiger partial charge in [0, 0.05) is 12.2 Å². The molecule has 3 N–H and O–H groups in total. The van der Waals surface area contributed by atoms with Crippen LogP contribution in [0.1, 0.15) is 29.8 Å². The van der Waals surface area contributed by atoms with Gasteiger partial charge in [-0.3, -0.25) is 9.59 Å². The van der Waals surface area contributed by atoms with E-state index in [9.17, 15) is 22.8 Å². The molecule has 11 heteroatoms. The Morgan fingerprint density at radius 2 is 1.88 bits per heavy atom. The van der Waals surface area contributed by atoms with Crippen molar-refractivity contribution in [2.75, 3.05) is 18.1 Å². The smallest absolute Gasteiger partial charge is 0.329 e. The van der Waals surface area contributed by atoms with Crippen LogP contribution < -0.4 is 15.4 Å². The minimum Gasteiger partial charge on any atom is -0.454 e. The molecule has 1 aliphatic rings. The lowest BCUT2D eigenvalue weighted by molar-refractivity contribution is -0.150. The number of hydrogen-bond donors (Lipinski definition) is 2. The highest BCUT2D eigenvalue weighted by Gasteiger charge is 2.30. The van der Waals surface area contributed by atoms with Gasteiger partial charge in [0.25, 0.3) is 11.8 Å². The second kappa shape index (κ2) is 9.90. The molecule has 0 saturated heterocycles. The van der Waals surface area contributed by atoms with Gasteiger partial charge < -0.3 is 15.0 Å². The van der Waals surface area contributed by atoms with Gasteiger partial charge in [-0.2, -0.15) is 0 Å². The van der Waals surface area contributed by atoms with Crippen LogP contribution in [0.5, 0.6) is 0 Å². The number of carbonyl (C=O) groups excluding carboxylic acids is 3.